The van der Waals surface area contributed by atoms with Gasteiger partial charge in [0.2, 0.25) is 0 Å². The molecular weight excluding hydrogens is 515 g/mol. The molecule has 1 fully saturated rings. The molecule has 0 spiro atoms. The number of benzene rings is 3. The van der Waals surface area contributed by atoms with Crippen LogP contribution in [-0.4, -0.2) is 66.8 Å². The van der Waals surface area contributed by atoms with Crippen LogP contribution >= 0.6 is 24.8 Å². The lowest BCUT2D eigenvalue weighted by molar-refractivity contribution is 0.0776. The van der Waals surface area contributed by atoms with E-state index in [1.54, 1.807) is 0 Å². The van der Waals surface area contributed by atoms with Gasteiger partial charge < -0.3 is 15.3 Å². The van der Waals surface area contributed by atoms with Crippen molar-refractivity contribution in [2.24, 2.45) is 0 Å². The van der Waals surface area contributed by atoms with E-state index in [1.165, 1.54) is 24.3 Å². The zero-order valence-electron chi connectivity index (χ0n) is 20.9. The number of β-amino-alcohol motifs (C(OH)–C–C–N with tert-alkyl or cyclic N) is 1. The highest BCUT2D eigenvalue weighted by atomic mass is 35.5. The third-order valence-corrected chi connectivity index (χ3v) is 6.76. The quantitative estimate of drug-likeness (QED) is 0.315. The highest BCUT2D eigenvalue weighted by molar-refractivity contribution is 5.85. The zero-order chi connectivity index (χ0) is 24.5. The van der Waals surface area contributed by atoms with E-state index < -0.39 is 6.10 Å². The average Bonchev–Trinajstić information content (AvgIpc) is 2.88. The minimum atomic E-state index is -0.408. The summed E-state index contributed by atoms with van der Waals surface area (Å²) in [7, 11) is 0. The number of para-hydroxylation sites is 1. The third kappa shape index (κ3) is 9.87. The van der Waals surface area contributed by atoms with Crippen molar-refractivity contribution in [3.8, 4) is 0 Å². The molecule has 3 aromatic carbocycles. The Bertz CT molecular complexity index is 972. The Labute approximate surface area is 231 Å². The van der Waals surface area contributed by atoms with Gasteiger partial charge in [0, 0.05) is 50.9 Å². The summed E-state index contributed by atoms with van der Waals surface area (Å²) in [5.41, 5.74) is 3.14. The van der Waals surface area contributed by atoms with E-state index in [4.69, 9.17) is 0 Å². The van der Waals surface area contributed by atoms with E-state index in [0.29, 0.717) is 13.1 Å². The predicted molar refractivity (Wildman–Crippen MR) is 152 cm³/mol. The maximum atomic E-state index is 13.5. The number of halogens is 4. The normalized spacial score (nSPS) is 15.0. The Morgan fingerprint density at radius 2 is 1.24 bits per heavy atom. The Morgan fingerprint density at radius 1 is 0.730 bits per heavy atom. The van der Waals surface area contributed by atoms with Crippen molar-refractivity contribution in [2.75, 3.05) is 51.1 Å². The summed E-state index contributed by atoms with van der Waals surface area (Å²) in [6.07, 6.45) is 1.51. The highest BCUT2D eigenvalue weighted by Crippen LogP contribution is 2.30. The number of rotatable bonds is 11. The molecule has 1 unspecified atom stereocenters. The van der Waals surface area contributed by atoms with Crippen LogP contribution in [0.4, 0.5) is 14.5 Å². The molecule has 3 aromatic rings. The first-order valence-corrected chi connectivity index (χ1v) is 12.5. The van der Waals surface area contributed by atoms with E-state index in [0.717, 1.165) is 62.4 Å². The van der Waals surface area contributed by atoms with Crippen LogP contribution in [0.3, 0.4) is 0 Å². The number of hydrogen-bond donors (Lipinski definition) is 2. The first-order valence-electron chi connectivity index (χ1n) is 12.5. The number of hydrogen-bond acceptors (Lipinski definition) is 4. The second-order valence-electron chi connectivity index (χ2n) is 9.34. The van der Waals surface area contributed by atoms with Gasteiger partial charge >= 0.3 is 0 Å². The molecule has 4 rings (SSSR count). The second kappa shape index (κ2) is 15.9. The molecule has 202 valence electrons. The molecule has 4 nitrogen and oxygen atoms in total. The molecule has 8 heteroatoms. The van der Waals surface area contributed by atoms with Crippen LogP contribution in [0.25, 0.3) is 0 Å². The summed E-state index contributed by atoms with van der Waals surface area (Å²) in [4.78, 5) is 4.80. The lowest BCUT2D eigenvalue weighted by atomic mass is 9.87. The van der Waals surface area contributed by atoms with Crippen LogP contribution in [0.2, 0.25) is 0 Å². The van der Waals surface area contributed by atoms with Gasteiger partial charge in [-0.15, -0.1) is 24.8 Å². The standard InChI is InChI=1S/C29H35F2N3O.2ClH/c30-25-12-8-23(9-13-25)29(24-10-14-26(31)15-11-24)7-4-16-33-17-19-34(20-18-33)22-28(35)21-32-27-5-2-1-3-6-27;;/h1-3,5-6,8-15,28-29,32,35H,4,7,16-22H2;2*1H. The van der Waals surface area contributed by atoms with Gasteiger partial charge in [0.25, 0.3) is 0 Å². The van der Waals surface area contributed by atoms with Crippen molar-refractivity contribution in [2.45, 2.75) is 24.9 Å². The van der Waals surface area contributed by atoms with Crippen LogP contribution in [0.5, 0.6) is 0 Å². The van der Waals surface area contributed by atoms with Gasteiger partial charge in [-0.1, -0.05) is 42.5 Å². The SMILES string of the molecule is Cl.Cl.OC(CNc1ccccc1)CN1CCN(CCCC(c2ccc(F)cc2)c2ccc(F)cc2)CC1. The average molecular weight is 553 g/mol. The van der Waals surface area contributed by atoms with Crippen LogP contribution in [0, 0.1) is 11.6 Å². The fourth-order valence-corrected chi connectivity index (χ4v) is 4.78. The number of aliphatic hydroxyl groups is 1. The summed E-state index contributed by atoms with van der Waals surface area (Å²) >= 11 is 0. The first kappa shape index (κ1) is 31.0. The van der Waals surface area contributed by atoms with E-state index in [1.807, 2.05) is 54.6 Å². The van der Waals surface area contributed by atoms with E-state index in [9.17, 15) is 13.9 Å². The Morgan fingerprint density at radius 3 is 1.78 bits per heavy atom. The summed E-state index contributed by atoms with van der Waals surface area (Å²) in [5, 5.41) is 13.7. The molecule has 0 bridgehead atoms. The van der Waals surface area contributed by atoms with Gasteiger partial charge in [-0.2, -0.15) is 0 Å². The van der Waals surface area contributed by atoms with Gasteiger partial charge in [-0.25, -0.2) is 8.78 Å². The van der Waals surface area contributed by atoms with E-state index >= 15 is 0 Å². The fraction of sp³-hybridized carbons (Fsp3) is 0.379. The molecule has 0 aromatic heterocycles. The number of nitrogens with one attached hydrogen (secondary N) is 1. The monoisotopic (exact) mass is 551 g/mol. The van der Waals surface area contributed by atoms with Crippen molar-refractivity contribution in [1.82, 2.24) is 9.80 Å². The minimum absolute atomic E-state index is 0. The molecule has 0 amide bonds. The van der Waals surface area contributed by atoms with Gasteiger partial charge in [0.1, 0.15) is 11.6 Å². The number of nitrogens with zero attached hydrogens (tertiary/aromatic N) is 2. The number of aliphatic hydroxyl groups excluding tert-OH is 1. The molecule has 1 heterocycles. The first-order chi connectivity index (χ1) is 17.1. The molecule has 2 N–H and O–H groups in total. The maximum Gasteiger partial charge on any atom is 0.123 e. The summed E-state index contributed by atoms with van der Waals surface area (Å²) in [6, 6.07) is 23.3. The Hall–Kier alpha value is -2.22. The molecule has 1 aliphatic heterocycles. The smallest absolute Gasteiger partial charge is 0.123 e. The molecule has 1 saturated heterocycles. The van der Waals surface area contributed by atoms with Crippen molar-refractivity contribution in [3.05, 3.63) is 102 Å². The van der Waals surface area contributed by atoms with E-state index in [2.05, 4.69) is 15.1 Å². The van der Waals surface area contributed by atoms with E-state index in [-0.39, 0.29) is 42.4 Å². The van der Waals surface area contributed by atoms with Crippen LogP contribution in [-0.2, 0) is 0 Å². The van der Waals surface area contributed by atoms with Gasteiger partial charge in [0.15, 0.2) is 0 Å². The van der Waals surface area contributed by atoms with Crippen molar-refractivity contribution in [1.29, 1.82) is 0 Å². The molecule has 37 heavy (non-hydrogen) atoms. The molecular formula is C29H37Cl2F2N3O. The maximum absolute atomic E-state index is 13.5. The fourth-order valence-electron chi connectivity index (χ4n) is 4.78. The molecule has 1 aliphatic rings. The Kier molecular flexibility index (Phi) is 13.3. The van der Waals surface area contributed by atoms with Gasteiger partial charge in [0.05, 0.1) is 6.10 Å². The molecule has 0 aliphatic carbocycles. The zero-order valence-corrected chi connectivity index (χ0v) is 22.6. The molecule has 1 atom stereocenters. The molecule has 0 saturated carbocycles. The summed E-state index contributed by atoms with van der Waals surface area (Å²) in [6.45, 7) is 6.06. The highest BCUT2D eigenvalue weighted by Gasteiger charge is 2.20. The second-order valence-corrected chi connectivity index (χ2v) is 9.34. The van der Waals surface area contributed by atoms with Crippen LogP contribution in [0.1, 0.15) is 29.9 Å². The molecule has 0 radical (unpaired) electrons. The topological polar surface area (TPSA) is 38.7 Å². The number of piperazine rings is 1. The van der Waals surface area contributed by atoms with Crippen LogP contribution < -0.4 is 5.32 Å². The number of anilines is 1. The largest absolute Gasteiger partial charge is 0.390 e. The summed E-state index contributed by atoms with van der Waals surface area (Å²) in [5.74, 6) is -0.374. The van der Waals surface area contributed by atoms with Crippen molar-refractivity contribution >= 4 is 30.5 Å². The van der Waals surface area contributed by atoms with Crippen molar-refractivity contribution < 1.29 is 13.9 Å². The third-order valence-electron chi connectivity index (χ3n) is 6.76. The lowest BCUT2D eigenvalue weighted by Gasteiger charge is -2.36. The minimum Gasteiger partial charge on any atom is -0.390 e. The summed E-state index contributed by atoms with van der Waals surface area (Å²) < 4.78 is 26.9. The van der Waals surface area contributed by atoms with Crippen molar-refractivity contribution in [3.63, 3.8) is 0 Å². The van der Waals surface area contributed by atoms with Crippen LogP contribution in [0.15, 0.2) is 78.9 Å². The van der Waals surface area contributed by atoms with Gasteiger partial charge in [-0.05, 0) is 66.9 Å². The van der Waals surface area contributed by atoms with Gasteiger partial charge in [-0.3, -0.25) is 4.90 Å². The Balaban J connectivity index is 0.00000241. The predicted octanol–water partition coefficient (Wildman–Crippen LogP) is 5.81. The lowest BCUT2D eigenvalue weighted by Crippen LogP contribution is -2.49.